The molecule has 0 aliphatic heterocycles. The lowest BCUT2D eigenvalue weighted by Gasteiger charge is -2.09. The van der Waals surface area contributed by atoms with E-state index in [9.17, 15) is 9.59 Å². The third-order valence-electron chi connectivity index (χ3n) is 3.80. The normalized spacial score (nSPS) is 10.4. The Balaban J connectivity index is 1.75. The zero-order valence-electron chi connectivity index (χ0n) is 14.6. The Hall–Kier alpha value is -3.48. The summed E-state index contributed by atoms with van der Waals surface area (Å²) in [4.78, 5) is 23.5. The molecule has 7 nitrogen and oxygen atoms in total. The van der Waals surface area contributed by atoms with Gasteiger partial charge in [0.25, 0.3) is 5.91 Å². The van der Waals surface area contributed by atoms with E-state index < -0.39 is 0 Å². The molecule has 0 radical (unpaired) electrons. The Morgan fingerprint density at radius 3 is 2.50 bits per heavy atom. The number of aromatic nitrogens is 3. The molecule has 1 aromatic heterocycles. The molecule has 0 saturated carbocycles. The van der Waals surface area contributed by atoms with Crippen molar-refractivity contribution in [2.24, 2.45) is 0 Å². The number of nitrogens with zero attached hydrogens (tertiary/aromatic N) is 3. The number of carbonyl (C=O) groups is 2. The Kier molecular flexibility index (Phi) is 5.07. The summed E-state index contributed by atoms with van der Waals surface area (Å²) in [5.41, 5.74) is 2.70. The van der Waals surface area contributed by atoms with Crippen molar-refractivity contribution in [1.82, 2.24) is 14.8 Å². The van der Waals surface area contributed by atoms with E-state index in [1.165, 1.54) is 6.92 Å². The number of hydrogen-bond donors (Lipinski definition) is 2. The van der Waals surface area contributed by atoms with Crippen molar-refractivity contribution in [1.29, 1.82) is 0 Å². The summed E-state index contributed by atoms with van der Waals surface area (Å²) in [6.07, 6.45) is 1.68. The molecule has 3 aromatic rings. The van der Waals surface area contributed by atoms with E-state index in [2.05, 4.69) is 20.8 Å². The van der Waals surface area contributed by atoms with E-state index in [0.29, 0.717) is 16.9 Å². The minimum Gasteiger partial charge on any atom is -0.326 e. The molecule has 0 bridgehead atoms. The fraction of sp³-hybridized carbons (Fsp3) is 0.158. The summed E-state index contributed by atoms with van der Waals surface area (Å²) in [6, 6.07) is 14.2. The van der Waals surface area contributed by atoms with E-state index in [-0.39, 0.29) is 11.8 Å². The maximum atomic E-state index is 12.4. The number of amides is 2. The molecule has 1 heterocycles. The Bertz CT molecular complexity index is 931. The van der Waals surface area contributed by atoms with Crippen LogP contribution in [0.3, 0.4) is 0 Å². The molecular formula is C19H19N5O2. The van der Waals surface area contributed by atoms with Crippen molar-refractivity contribution in [2.45, 2.75) is 20.4 Å². The average Bonchev–Trinajstić information content (AvgIpc) is 3.11. The zero-order valence-corrected chi connectivity index (χ0v) is 14.6. The summed E-state index contributed by atoms with van der Waals surface area (Å²) < 4.78 is 1.93. The van der Waals surface area contributed by atoms with E-state index >= 15 is 0 Å². The van der Waals surface area contributed by atoms with Gasteiger partial charge in [0.1, 0.15) is 6.33 Å². The highest BCUT2D eigenvalue weighted by Gasteiger charge is 2.10. The SMILES string of the molecule is CCn1cnnc1-c1cccc(NC(=O)c2ccc(NC(C)=O)cc2)c1. The summed E-state index contributed by atoms with van der Waals surface area (Å²) in [5, 5.41) is 13.6. The number of rotatable bonds is 5. The van der Waals surface area contributed by atoms with Gasteiger partial charge in [-0.15, -0.1) is 10.2 Å². The van der Waals surface area contributed by atoms with Crippen LogP contribution in [0.2, 0.25) is 0 Å². The number of aryl methyl sites for hydroxylation is 1. The molecule has 0 aliphatic rings. The second kappa shape index (κ2) is 7.60. The van der Waals surface area contributed by atoms with Crippen LogP contribution in [0.1, 0.15) is 24.2 Å². The van der Waals surface area contributed by atoms with Gasteiger partial charge in [-0.1, -0.05) is 12.1 Å². The van der Waals surface area contributed by atoms with Gasteiger partial charge in [-0.05, 0) is 43.3 Å². The van der Waals surface area contributed by atoms with Gasteiger partial charge in [-0.3, -0.25) is 9.59 Å². The molecule has 3 rings (SSSR count). The maximum absolute atomic E-state index is 12.4. The standard InChI is InChI=1S/C19H19N5O2/c1-3-24-12-20-23-18(24)15-5-4-6-17(11-15)22-19(26)14-7-9-16(10-8-14)21-13(2)25/h4-12H,3H2,1-2H3,(H,21,25)(H,22,26). The van der Waals surface area contributed by atoms with Crippen molar-refractivity contribution >= 4 is 23.2 Å². The summed E-state index contributed by atoms with van der Waals surface area (Å²) in [7, 11) is 0. The first-order chi connectivity index (χ1) is 12.6. The maximum Gasteiger partial charge on any atom is 0.255 e. The zero-order chi connectivity index (χ0) is 18.5. The topological polar surface area (TPSA) is 88.9 Å². The fourth-order valence-corrected chi connectivity index (χ4v) is 2.56. The van der Waals surface area contributed by atoms with Crippen LogP contribution < -0.4 is 10.6 Å². The molecule has 0 atom stereocenters. The molecule has 0 aliphatic carbocycles. The molecule has 0 fully saturated rings. The summed E-state index contributed by atoms with van der Waals surface area (Å²) in [6.45, 7) is 4.22. The van der Waals surface area contributed by atoms with Crippen molar-refractivity contribution < 1.29 is 9.59 Å². The minimum atomic E-state index is -0.228. The van der Waals surface area contributed by atoms with Crippen LogP contribution >= 0.6 is 0 Å². The van der Waals surface area contributed by atoms with E-state index in [0.717, 1.165) is 17.9 Å². The van der Waals surface area contributed by atoms with Crippen LogP contribution in [0.5, 0.6) is 0 Å². The highest BCUT2D eigenvalue weighted by Crippen LogP contribution is 2.21. The molecule has 132 valence electrons. The Morgan fingerprint density at radius 2 is 1.81 bits per heavy atom. The molecule has 0 spiro atoms. The lowest BCUT2D eigenvalue weighted by molar-refractivity contribution is -0.114. The molecule has 26 heavy (non-hydrogen) atoms. The van der Waals surface area contributed by atoms with Crippen molar-refractivity contribution in [2.75, 3.05) is 10.6 Å². The molecule has 0 saturated heterocycles. The Morgan fingerprint density at radius 1 is 1.04 bits per heavy atom. The minimum absolute atomic E-state index is 0.154. The summed E-state index contributed by atoms with van der Waals surface area (Å²) in [5.74, 6) is 0.371. The van der Waals surface area contributed by atoms with Gasteiger partial charge in [0.05, 0.1) is 0 Å². The third-order valence-corrected chi connectivity index (χ3v) is 3.80. The number of anilines is 2. The molecule has 2 aromatic carbocycles. The first-order valence-corrected chi connectivity index (χ1v) is 8.24. The molecule has 0 unspecified atom stereocenters. The van der Waals surface area contributed by atoms with Crippen molar-refractivity contribution in [3.05, 3.63) is 60.4 Å². The average molecular weight is 349 g/mol. The second-order valence-corrected chi connectivity index (χ2v) is 5.73. The van der Waals surface area contributed by atoms with Crippen LogP contribution in [0.4, 0.5) is 11.4 Å². The number of carbonyl (C=O) groups excluding carboxylic acids is 2. The highest BCUT2D eigenvalue weighted by atomic mass is 16.2. The van der Waals surface area contributed by atoms with Crippen LogP contribution in [0.25, 0.3) is 11.4 Å². The van der Waals surface area contributed by atoms with Crippen LogP contribution in [0.15, 0.2) is 54.9 Å². The fourth-order valence-electron chi connectivity index (χ4n) is 2.56. The first-order valence-electron chi connectivity index (χ1n) is 8.24. The van der Waals surface area contributed by atoms with Gasteiger partial charge in [0.15, 0.2) is 5.82 Å². The number of hydrogen-bond acceptors (Lipinski definition) is 4. The molecule has 2 amide bonds. The van der Waals surface area contributed by atoms with Crippen molar-refractivity contribution in [3.8, 4) is 11.4 Å². The van der Waals surface area contributed by atoms with Crippen LogP contribution in [0, 0.1) is 0 Å². The van der Waals surface area contributed by atoms with Gasteiger partial charge in [0.2, 0.25) is 5.91 Å². The monoisotopic (exact) mass is 349 g/mol. The van der Waals surface area contributed by atoms with E-state index in [4.69, 9.17) is 0 Å². The largest absolute Gasteiger partial charge is 0.326 e. The predicted molar refractivity (Wildman–Crippen MR) is 99.8 cm³/mol. The van der Waals surface area contributed by atoms with E-state index in [1.807, 2.05) is 35.8 Å². The smallest absolute Gasteiger partial charge is 0.255 e. The molecule has 2 N–H and O–H groups in total. The third kappa shape index (κ3) is 3.94. The predicted octanol–water partition coefficient (Wildman–Crippen LogP) is 3.18. The van der Waals surface area contributed by atoms with Crippen molar-refractivity contribution in [3.63, 3.8) is 0 Å². The lowest BCUT2D eigenvalue weighted by atomic mass is 10.1. The molecular weight excluding hydrogens is 330 g/mol. The second-order valence-electron chi connectivity index (χ2n) is 5.73. The quantitative estimate of drug-likeness (QED) is 0.740. The Labute approximate surface area is 151 Å². The van der Waals surface area contributed by atoms with Crippen LogP contribution in [-0.2, 0) is 11.3 Å². The lowest BCUT2D eigenvalue weighted by Crippen LogP contribution is -2.12. The highest BCUT2D eigenvalue weighted by molar-refractivity contribution is 6.04. The van der Waals surface area contributed by atoms with Crippen LogP contribution in [-0.4, -0.2) is 26.6 Å². The number of nitrogens with one attached hydrogen (secondary N) is 2. The number of benzene rings is 2. The van der Waals surface area contributed by atoms with E-state index in [1.54, 1.807) is 30.6 Å². The van der Waals surface area contributed by atoms with Gasteiger partial charge in [-0.25, -0.2) is 0 Å². The summed E-state index contributed by atoms with van der Waals surface area (Å²) >= 11 is 0. The van der Waals surface area contributed by atoms with Gasteiger partial charge >= 0.3 is 0 Å². The first kappa shape index (κ1) is 17.3. The van der Waals surface area contributed by atoms with Gasteiger partial charge in [0, 0.05) is 36.0 Å². The van der Waals surface area contributed by atoms with Gasteiger partial charge in [-0.2, -0.15) is 0 Å². The molecule has 7 heteroatoms. The van der Waals surface area contributed by atoms with Gasteiger partial charge < -0.3 is 15.2 Å².